The molecule has 0 radical (unpaired) electrons. The van der Waals surface area contributed by atoms with Gasteiger partial charge in [-0.25, -0.2) is 8.42 Å². The number of unbranched alkanes of at least 4 members (excludes halogenated alkanes) is 1. The second kappa shape index (κ2) is 10.3. The highest BCUT2D eigenvalue weighted by Gasteiger charge is 2.21. The van der Waals surface area contributed by atoms with Crippen LogP contribution in [0.3, 0.4) is 0 Å². The average molecular weight is 425 g/mol. The minimum absolute atomic E-state index is 0.0615. The Balaban J connectivity index is 2.36. The van der Waals surface area contributed by atoms with Crippen LogP contribution in [0.5, 0.6) is 0 Å². The summed E-state index contributed by atoms with van der Waals surface area (Å²) in [4.78, 5) is 0.150. The lowest BCUT2D eigenvalue weighted by Gasteiger charge is -2.19. The van der Waals surface area contributed by atoms with E-state index in [2.05, 4.69) is 18.7 Å². The molecule has 0 N–H and O–H groups in total. The van der Waals surface area contributed by atoms with Gasteiger partial charge < -0.3 is 4.55 Å². The molecule has 27 heavy (non-hydrogen) atoms. The van der Waals surface area contributed by atoms with Gasteiger partial charge in [0.15, 0.2) is 9.84 Å². The van der Waals surface area contributed by atoms with Crippen LogP contribution in [-0.2, 0) is 21.0 Å². The lowest BCUT2D eigenvalue weighted by molar-refractivity contribution is 0.589. The van der Waals surface area contributed by atoms with Crippen molar-refractivity contribution in [3.8, 4) is 0 Å². The molecule has 6 heteroatoms. The molecule has 2 aromatic rings. The highest BCUT2D eigenvalue weighted by Crippen LogP contribution is 2.33. The maximum atomic E-state index is 12.5. The molecule has 0 saturated heterocycles. The summed E-state index contributed by atoms with van der Waals surface area (Å²) in [5, 5.41) is 0.230. The third-order valence-corrected chi connectivity index (χ3v) is 7.39. The average Bonchev–Trinajstić information content (AvgIpc) is 2.63. The molecular weight excluding hydrogens is 400 g/mol. The number of halogens is 1. The van der Waals surface area contributed by atoms with Crippen molar-refractivity contribution < 1.29 is 13.0 Å². The van der Waals surface area contributed by atoms with Crippen molar-refractivity contribution in [3.05, 3.63) is 77.3 Å². The summed E-state index contributed by atoms with van der Waals surface area (Å²) in [5.74, 6) is 0.599. The van der Waals surface area contributed by atoms with Crippen molar-refractivity contribution in [1.82, 2.24) is 0 Å². The first-order valence-corrected chi connectivity index (χ1v) is 12.6. The predicted octanol–water partition coefficient (Wildman–Crippen LogP) is 4.98. The molecule has 0 amide bonds. The molecule has 0 aliphatic carbocycles. The lowest BCUT2D eigenvalue weighted by Crippen LogP contribution is -2.09. The van der Waals surface area contributed by atoms with Crippen LogP contribution in [0, 0.1) is 0 Å². The Hall–Kier alpha value is -1.27. The van der Waals surface area contributed by atoms with E-state index in [0.717, 1.165) is 30.4 Å². The number of hydrogen-bond donors (Lipinski definition) is 0. The maximum absolute atomic E-state index is 12.5. The van der Waals surface area contributed by atoms with Gasteiger partial charge in [-0.2, -0.15) is 0 Å². The van der Waals surface area contributed by atoms with E-state index in [0.29, 0.717) is 5.75 Å². The Morgan fingerprint density at radius 1 is 1.15 bits per heavy atom. The predicted molar refractivity (Wildman–Crippen MR) is 115 cm³/mol. The molecule has 0 aliphatic rings. The molecular formula is C21H25ClO3S2. The van der Waals surface area contributed by atoms with Gasteiger partial charge in [0, 0.05) is 5.92 Å². The van der Waals surface area contributed by atoms with E-state index in [-0.39, 0.29) is 21.6 Å². The van der Waals surface area contributed by atoms with Crippen LogP contribution in [-0.4, -0.2) is 30.7 Å². The SMILES string of the molecule is C=CCS(=O)(=O)c1cc(C(CCCC[S+](C)[O-])c2ccccc2)ccc1Cl. The largest absolute Gasteiger partial charge is 0.617 e. The minimum atomic E-state index is -3.51. The molecule has 0 heterocycles. The molecule has 146 valence electrons. The van der Waals surface area contributed by atoms with Gasteiger partial charge in [0.2, 0.25) is 0 Å². The van der Waals surface area contributed by atoms with E-state index in [1.807, 2.05) is 24.3 Å². The summed E-state index contributed by atoms with van der Waals surface area (Å²) >= 11 is 5.39. The van der Waals surface area contributed by atoms with Gasteiger partial charge in [0.05, 0.1) is 21.9 Å². The van der Waals surface area contributed by atoms with Gasteiger partial charge in [-0.3, -0.25) is 0 Å². The zero-order chi connectivity index (χ0) is 19.9. The molecule has 2 aromatic carbocycles. The quantitative estimate of drug-likeness (QED) is 0.307. The second-order valence-corrected chi connectivity index (χ2v) is 10.5. The van der Waals surface area contributed by atoms with Crippen LogP contribution in [0.2, 0.25) is 5.02 Å². The Morgan fingerprint density at radius 3 is 2.48 bits per heavy atom. The first kappa shape index (κ1) is 22.0. The van der Waals surface area contributed by atoms with Crippen molar-refractivity contribution in [2.75, 3.05) is 17.8 Å². The first-order chi connectivity index (χ1) is 12.8. The minimum Gasteiger partial charge on any atom is -0.617 e. The summed E-state index contributed by atoms with van der Waals surface area (Å²) in [6, 6.07) is 15.3. The molecule has 2 atom stereocenters. The third kappa shape index (κ3) is 6.39. The van der Waals surface area contributed by atoms with Crippen molar-refractivity contribution in [2.45, 2.75) is 30.1 Å². The molecule has 0 bridgehead atoms. The topological polar surface area (TPSA) is 57.2 Å². The highest BCUT2D eigenvalue weighted by atomic mass is 35.5. The highest BCUT2D eigenvalue weighted by molar-refractivity contribution is 7.91. The zero-order valence-electron chi connectivity index (χ0n) is 15.4. The van der Waals surface area contributed by atoms with Gasteiger partial charge in [-0.1, -0.05) is 65.3 Å². The molecule has 2 unspecified atom stereocenters. The van der Waals surface area contributed by atoms with E-state index in [1.165, 1.54) is 6.08 Å². The van der Waals surface area contributed by atoms with Crippen molar-refractivity contribution in [1.29, 1.82) is 0 Å². The van der Waals surface area contributed by atoms with Crippen molar-refractivity contribution in [3.63, 3.8) is 0 Å². The smallest absolute Gasteiger partial charge is 0.183 e. The van der Waals surface area contributed by atoms with E-state index in [1.54, 1.807) is 18.4 Å². The number of benzene rings is 2. The fraction of sp³-hybridized carbons (Fsp3) is 0.333. The van der Waals surface area contributed by atoms with E-state index >= 15 is 0 Å². The van der Waals surface area contributed by atoms with Crippen LogP contribution in [0.1, 0.15) is 36.3 Å². The van der Waals surface area contributed by atoms with Crippen LogP contribution in [0.15, 0.2) is 66.1 Å². The molecule has 0 spiro atoms. The fourth-order valence-corrected chi connectivity index (χ4v) is 5.34. The zero-order valence-corrected chi connectivity index (χ0v) is 17.8. The van der Waals surface area contributed by atoms with Crippen molar-refractivity contribution in [2.24, 2.45) is 0 Å². The maximum Gasteiger partial charge on any atom is 0.183 e. The van der Waals surface area contributed by atoms with E-state index < -0.39 is 21.0 Å². The van der Waals surface area contributed by atoms with Gasteiger partial charge >= 0.3 is 0 Å². The molecule has 0 fully saturated rings. The van der Waals surface area contributed by atoms with E-state index in [9.17, 15) is 13.0 Å². The standard InChI is InChI=1S/C21H25ClO3S2/c1-3-15-27(24,25)21-16-18(12-13-20(21)22)19(11-7-8-14-26(2)23)17-9-5-4-6-10-17/h3-6,9-10,12-13,16,19H,1,7-8,11,14-15H2,2H3. The number of rotatable bonds is 10. The summed E-state index contributed by atoms with van der Waals surface area (Å²) < 4.78 is 36.3. The van der Waals surface area contributed by atoms with Gasteiger partial charge in [0.25, 0.3) is 0 Å². The van der Waals surface area contributed by atoms with Gasteiger partial charge in [0.1, 0.15) is 5.75 Å². The first-order valence-electron chi connectivity index (χ1n) is 8.83. The molecule has 2 rings (SSSR count). The normalized spacial score (nSPS) is 13.9. The molecule has 0 aromatic heterocycles. The third-order valence-electron chi connectivity index (χ3n) is 4.41. The van der Waals surface area contributed by atoms with Crippen molar-refractivity contribution >= 4 is 32.6 Å². The van der Waals surface area contributed by atoms with Gasteiger partial charge in [-0.15, -0.1) is 6.58 Å². The van der Waals surface area contributed by atoms with Gasteiger partial charge in [-0.05, 0) is 42.5 Å². The fourth-order valence-electron chi connectivity index (χ4n) is 3.08. The number of hydrogen-bond acceptors (Lipinski definition) is 3. The summed E-state index contributed by atoms with van der Waals surface area (Å²) in [6.07, 6.45) is 5.73. The van der Waals surface area contributed by atoms with Crippen LogP contribution in [0.25, 0.3) is 0 Å². The molecule has 0 saturated carbocycles. The summed E-state index contributed by atoms with van der Waals surface area (Å²) in [7, 11) is -3.51. The van der Waals surface area contributed by atoms with E-state index in [4.69, 9.17) is 11.6 Å². The molecule has 3 nitrogen and oxygen atoms in total. The summed E-state index contributed by atoms with van der Waals surface area (Å²) in [5.41, 5.74) is 2.05. The van der Waals surface area contributed by atoms with Crippen LogP contribution in [0.4, 0.5) is 0 Å². The van der Waals surface area contributed by atoms with Crippen LogP contribution >= 0.6 is 11.6 Å². The lowest BCUT2D eigenvalue weighted by atomic mass is 9.87. The Kier molecular flexibility index (Phi) is 8.42. The monoisotopic (exact) mass is 424 g/mol. The Morgan fingerprint density at radius 2 is 1.85 bits per heavy atom. The number of sulfone groups is 1. The molecule has 0 aliphatic heterocycles. The summed E-state index contributed by atoms with van der Waals surface area (Å²) in [6.45, 7) is 3.52. The Bertz CT molecular complexity index is 849. The Labute approximate surface area is 170 Å². The van der Waals surface area contributed by atoms with Crippen LogP contribution < -0.4 is 0 Å². The second-order valence-electron chi connectivity index (χ2n) is 6.50.